The summed E-state index contributed by atoms with van der Waals surface area (Å²) in [6.45, 7) is 11.8. The molecule has 30 heavy (non-hydrogen) atoms. The van der Waals surface area contributed by atoms with Gasteiger partial charge in [0.05, 0.1) is 0 Å². The molecule has 1 aromatic rings. The lowest BCUT2D eigenvalue weighted by Gasteiger charge is -2.32. The lowest BCUT2D eigenvalue weighted by atomic mass is 9.92. The number of aliphatic imine (C=N–C) groups is 1. The third-order valence-electron chi connectivity index (χ3n) is 3.71. The van der Waals surface area contributed by atoms with Gasteiger partial charge in [-0.3, -0.25) is 0 Å². The number of halogens is 2. The summed E-state index contributed by atoms with van der Waals surface area (Å²) in [5.41, 5.74) is -2.53. The number of rotatable bonds is 1. The van der Waals surface area contributed by atoms with Crippen LogP contribution in [0.4, 0.5) is 14.0 Å². The molecule has 2 rings (SSSR count). The molecular formula is C21H26BrFN2O4S. The van der Waals surface area contributed by atoms with Crippen LogP contribution in [0.15, 0.2) is 39.1 Å². The Hall–Kier alpha value is -1.87. The number of amides is 2. The van der Waals surface area contributed by atoms with Gasteiger partial charge < -0.3 is 9.47 Å². The van der Waals surface area contributed by atoms with E-state index >= 15 is 0 Å². The maximum absolute atomic E-state index is 14.6. The number of benzene rings is 1. The Morgan fingerprint density at radius 3 is 2.13 bits per heavy atom. The van der Waals surface area contributed by atoms with Gasteiger partial charge in [-0.2, -0.15) is 4.90 Å². The molecule has 1 heterocycles. The van der Waals surface area contributed by atoms with E-state index in [0.717, 1.165) is 16.7 Å². The molecule has 0 aromatic heterocycles. The van der Waals surface area contributed by atoms with E-state index in [4.69, 9.17) is 9.47 Å². The molecule has 164 valence electrons. The van der Waals surface area contributed by atoms with Gasteiger partial charge in [0.2, 0.25) is 0 Å². The van der Waals surface area contributed by atoms with Crippen LogP contribution in [0.25, 0.3) is 0 Å². The van der Waals surface area contributed by atoms with Crippen molar-refractivity contribution in [2.24, 2.45) is 4.99 Å². The van der Waals surface area contributed by atoms with Crippen molar-refractivity contribution in [3.63, 3.8) is 0 Å². The van der Waals surface area contributed by atoms with Crippen LogP contribution in [0.2, 0.25) is 0 Å². The number of amidine groups is 1. The molecule has 1 aliphatic heterocycles. The van der Waals surface area contributed by atoms with Gasteiger partial charge in [0.25, 0.3) is 0 Å². The molecule has 0 aliphatic carbocycles. The van der Waals surface area contributed by atoms with Crippen molar-refractivity contribution in [1.82, 2.24) is 4.90 Å². The van der Waals surface area contributed by atoms with Crippen LogP contribution < -0.4 is 0 Å². The second-order valence-corrected chi connectivity index (χ2v) is 10.7. The zero-order valence-corrected chi connectivity index (χ0v) is 20.5. The van der Waals surface area contributed by atoms with Gasteiger partial charge >= 0.3 is 12.2 Å². The van der Waals surface area contributed by atoms with Gasteiger partial charge in [-0.05, 0) is 78.1 Å². The summed E-state index contributed by atoms with van der Waals surface area (Å²) in [7, 11) is 0. The highest BCUT2D eigenvalue weighted by Crippen LogP contribution is 2.37. The summed E-state index contributed by atoms with van der Waals surface area (Å²) in [4.78, 5) is 31.0. The fourth-order valence-corrected chi connectivity index (χ4v) is 3.79. The fourth-order valence-electron chi connectivity index (χ4n) is 2.47. The Labute approximate surface area is 189 Å². The van der Waals surface area contributed by atoms with Crippen molar-refractivity contribution in [3.05, 3.63) is 45.5 Å². The van der Waals surface area contributed by atoms with Crippen molar-refractivity contribution >= 4 is 45.0 Å². The van der Waals surface area contributed by atoms with E-state index in [-0.39, 0.29) is 5.17 Å². The molecule has 1 aliphatic rings. The fraction of sp³-hybridized carbons (Fsp3) is 0.476. The first-order valence-corrected chi connectivity index (χ1v) is 10.9. The topological polar surface area (TPSA) is 68.2 Å². The van der Waals surface area contributed by atoms with Gasteiger partial charge in [-0.1, -0.05) is 27.7 Å². The van der Waals surface area contributed by atoms with Gasteiger partial charge in [0.1, 0.15) is 22.6 Å². The highest BCUT2D eigenvalue weighted by atomic mass is 79.9. The first-order chi connectivity index (χ1) is 13.6. The Morgan fingerprint density at radius 2 is 1.63 bits per heavy atom. The number of carbonyl (C=O) groups is 2. The second kappa shape index (κ2) is 8.70. The number of hydrogen-bond acceptors (Lipinski definition) is 6. The molecule has 0 unspecified atom stereocenters. The summed E-state index contributed by atoms with van der Waals surface area (Å²) in [6.07, 6.45) is -0.139. The standard InChI is InChI=1S/C21H26BrFN2O4S/c1-19(2,3)28-17(26)25(18(27)29-20(4,5)6)16-24-21(7,10-11-30-16)14-12-13(22)8-9-15(14)23/h8-12H,1-7H3/t21-/m0/s1. The molecular weight excluding hydrogens is 475 g/mol. The molecule has 1 aromatic carbocycles. The van der Waals surface area contributed by atoms with Gasteiger partial charge in [0.15, 0.2) is 5.17 Å². The van der Waals surface area contributed by atoms with Gasteiger partial charge in [-0.25, -0.2) is 19.0 Å². The van der Waals surface area contributed by atoms with E-state index in [1.165, 1.54) is 6.07 Å². The van der Waals surface area contributed by atoms with E-state index in [9.17, 15) is 14.0 Å². The molecule has 1 atom stereocenters. The largest absolute Gasteiger partial charge is 0.443 e. The summed E-state index contributed by atoms with van der Waals surface area (Å²) < 4.78 is 26.0. The summed E-state index contributed by atoms with van der Waals surface area (Å²) in [5, 5.41) is 1.69. The van der Waals surface area contributed by atoms with Crippen molar-refractivity contribution in [2.75, 3.05) is 0 Å². The van der Waals surface area contributed by atoms with Crippen molar-refractivity contribution in [2.45, 2.75) is 65.2 Å². The molecule has 0 spiro atoms. The molecule has 2 amide bonds. The number of imide groups is 1. The van der Waals surface area contributed by atoms with Crippen molar-refractivity contribution in [1.29, 1.82) is 0 Å². The van der Waals surface area contributed by atoms with E-state index in [1.54, 1.807) is 72.1 Å². The van der Waals surface area contributed by atoms with Crippen LogP contribution in [0.5, 0.6) is 0 Å². The first-order valence-electron chi connectivity index (χ1n) is 9.27. The Morgan fingerprint density at radius 1 is 1.10 bits per heavy atom. The van der Waals surface area contributed by atoms with Crippen LogP contribution in [-0.4, -0.2) is 33.5 Å². The average Bonchev–Trinajstić information content (AvgIpc) is 2.54. The third-order valence-corrected chi connectivity index (χ3v) is 4.96. The van der Waals surface area contributed by atoms with Crippen molar-refractivity contribution in [3.8, 4) is 0 Å². The number of hydrogen-bond donors (Lipinski definition) is 0. The normalized spacial score (nSPS) is 19.2. The quantitative estimate of drug-likeness (QED) is 0.434. The molecule has 0 saturated heterocycles. The molecule has 6 nitrogen and oxygen atoms in total. The maximum atomic E-state index is 14.6. The van der Waals surface area contributed by atoms with Gasteiger partial charge in [-0.15, -0.1) is 0 Å². The maximum Gasteiger partial charge on any atom is 0.426 e. The lowest BCUT2D eigenvalue weighted by Crippen LogP contribution is -2.47. The monoisotopic (exact) mass is 500 g/mol. The second-order valence-electron chi connectivity index (χ2n) is 8.88. The van der Waals surface area contributed by atoms with E-state index in [0.29, 0.717) is 10.0 Å². The van der Waals surface area contributed by atoms with Crippen LogP contribution in [0.3, 0.4) is 0 Å². The first kappa shape index (κ1) is 24.4. The zero-order valence-electron chi connectivity index (χ0n) is 18.1. The smallest absolute Gasteiger partial charge is 0.426 e. The zero-order chi connectivity index (χ0) is 22.9. The molecule has 0 saturated carbocycles. The summed E-state index contributed by atoms with van der Waals surface area (Å²) >= 11 is 4.39. The lowest BCUT2D eigenvalue weighted by molar-refractivity contribution is 0.0152. The minimum atomic E-state index is -1.14. The number of nitrogens with zero attached hydrogens (tertiary/aromatic N) is 2. The predicted molar refractivity (Wildman–Crippen MR) is 120 cm³/mol. The molecule has 9 heteroatoms. The minimum Gasteiger partial charge on any atom is -0.443 e. The summed E-state index contributed by atoms with van der Waals surface area (Å²) in [5.74, 6) is -0.457. The number of ether oxygens (including phenoxy) is 2. The van der Waals surface area contributed by atoms with Crippen LogP contribution in [-0.2, 0) is 15.0 Å². The van der Waals surface area contributed by atoms with Crippen LogP contribution in [0.1, 0.15) is 54.0 Å². The Kier molecular flexibility index (Phi) is 7.08. The van der Waals surface area contributed by atoms with E-state index in [2.05, 4.69) is 20.9 Å². The predicted octanol–water partition coefficient (Wildman–Crippen LogP) is 6.59. The highest BCUT2D eigenvalue weighted by molar-refractivity contribution is 9.10. The molecule has 0 bridgehead atoms. The van der Waals surface area contributed by atoms with Crippen LogP contribution in [0, 0.1) is 5.82 Å². The van der Waals surface area contributed by atoms with E-state index in [1.807, 2.05) is 0 Å². The number of carbonyl (C=O) groups excluding carboxylic acids is 2. The Balaban J connectivity index is 2.52. The minimum absolute atomic E-state index is 0.0304. The summed E-state index contributed by atoms with van der Waals surface area (Å²) in [6, 6.07) is 4.53. The number of thioether (sulfide) groups is 1. The average molecular weight is 501 g/mol. The van der Waals surface area contributed by atoms with E-state index < -0.39 is 34.7 Å². The van der Waals surface area contributed by atoms with Gasteiger partial charge in [0, 0.05) is 10.0 Å². The van der Waals surface area contributed by atoms with Crippen molar-refractivity contribution < 1.29 is 23.5 Å². The van der Waals surface area contributed by atoms with Crippen LogP contribution >= 0.6 is 27.7 Å². The Bertz CT molecular complexity index is 877. The molecule has 0 N–H and O–H groups in total. The SMILES string of the molecule is CC(C)(C)OC(=O)N(C(=O)OC(C)(C)C)C1=N[C@](C)(c2cc(Br)ccc2F)C=CS1. The highest BCUT2D eigenvalue weighted by Gasteiger charge is 2.39. The third kappa shape index (κ3) is 6.31. The molecule has 0 fully saturated rings. The molecule has 0 radical (unpaired) electrons.